The van der Waals surface area contributed by atoms with Gasteiger partial charge in [-0.1, -0.05) is 18.2 Å². The van der Waals surface area contributed by atoms with Crippen molar-refractivity contribution in [1.82, 2.24) is 4.90 Å². The molecule has 1 fully saturated rings. The molecule has 0 saturated carbocycles. The maximum Gasteiger partial charge on any atom is 0.327 e. The molecule has 5 nitrogen and oxygen atoms in total. The zero-order valence-electron chi connectivity index (χ0n) is 10.5. The molecule has 0 radical (unpaired) electrons. The minimum atomic E-state index is -0.964. The first-order valence-electron chi connectivity index (χ1n) is 5.88. The second-order valence-corrected chi connectivity index (χ2v) is 5.27. The Labute approximate surface area is 115 Å². The molecular formula is C13H15NO4S. The van der Waals surface area contributed by atoms with Gasteiger partial charge in [-0.15, -0.1) is 11.8 Å². The summed E-state index contributed by atoms with van der Waals surface area (Å²) in [6.45, 7) is 1.76. The van der Waals surface area contributed by atoms with Crippen molar-refractivity contribution in [3.63, 3.8) is 0 Å². The lowest BCUT2D eigenvalue weighted by Crippen LogP contribution is -2.43. The monoisotopic (exact) mass is 281 g/mol. The number of hydrogen-bond donors (Lipinski definition) is 1. The average molecular weight is 281 g/mol. The fourth-order valence-corrected chi connectivity index (χ4v) is 3.01. The summed E-state index contributed by atoms with van der Waals surface area (Å²) in [6.07, 6.45) is 0. The molecule has 1 amide bonds. The first-order valence-corrected chi connectivity index (χ1v) is 7.03. The van der Waals surface area contributed by atoms with Gasteiger partial charge in [0.2, 0.25) is 0 Å². The van der Waals surface area contributed by atoms with Crippen molar-refractivity contribution in [3.05, 3.63) is 29.8 Å². The summed E-state index contributed by atoms with van der Waals surface area (Å²) in [6, 6.07) is 6.67. The fourth-order valence-electron chi connectivity index (χ4n) is 1.83. The summed E-state index contributed by atoms with van der Waals surface area (Å²) < 4.78 is 5.45. The van der Waals surface area contributed by atoms with Crippen molar-refractivity contribution in [2.45, 2.75) is 13.0 Å². The number of carboxylic acids is 1. The van der Waals surface area contributed by atoms with Gasteiger partial charge in [-0.05, 0) is 18.6 Å². The maximum absolute atomic E-state index is 12.0. The highest BCUT2D eigenvalue weighted by molar-refractivity contribution is 7.99. The Morgan fingerprint density at radius 3 is 2.89 bits per heavy atom. The van der Waals surface area contributed by atoms with Gasteiger partial charge in [-0.2, -0.15) is 0 Å². The zero-order valence-corrected chi connectivity index (χ0v) is 11.4. The summed E-state index contributed by atoms with van der Waals surface area (Å²) in [4.78, 5) is 24.3. The number of hydrogen-bond acceptors (Lipinski definition) is 4. The molecule has 1 atom stereocenters. The van der Waals surface area contributed by atoms with Crippen LogP contribution in [-0.2, 0) is 9.59 Å². The highest BCUT2D eigenvalue weighted by Crippen LogP contribution is 2.22. The SMILES string of the molecule is Cc1ccccc1OCC(=O)N1CSCC1C(=O)O. The average Bonchev–Trinajstić information content (AvgIpc) is 2.87. The molecule has 0 spiro atoms. The minimum Gasteiger partial charge on any atom is -0.483 e. The topological polar surface area (TPSA) is 66.8 Å². The first-order chi connectivity index (χ1) is 9.09. The summed E-state index contributed by atoms with van der Waals surface area (Å²) in [7, 11) is 0. The number of aliphatic carboxylic acids is 1. The molecule has 19 heavy (non-hydrogen) atoms. The summed E-state index contributed by atoms with van der Waals surface area (Å²) in [5.74, 6) is 0.239. The van der Waals surface area contributed by atoms with Gasteiger partial charge in [0.15, 0.2) is 6.61 Å². The van der Waals surface area contributed by atoms with Crippen LogP contribution in [-0.4, -0.2) is 46.2 Å². The van der Waals surface area contributed by atoms with Gasteiger partial charge in [-0.25, -0.2) is 4.79 Å². The van der Waals surface area contributed by atoms with Crippen molar-refractivity contribution in [1.29, 1.82) is 0 Å². The summed E-state index contributed by atoms with van der Waals surface area (Å²) in [5.41, 5.74) is 0.945. The molecule has 2 rings (SSSR count). The van der Waals surface area contributed by atoms with Crippen molar-refractivity contribution in [2.24, 2.45) is 0 Å². The molecule has 1 aliphatic heterocycles. The van der Waals surface area contributed by atoms with E-state index < -0.39 is 12.0 Å². The minimum absolute atomic E-state index is 0.130. The Morgan fingerprint density at radius 2 is 2.21 bits per heavy atom. The third kappa shape index (κ3) is 3.20. The lowest BCUT2D eigenvalue weighted by atomic mass is 10.2. The van der Waals surface area contributed by atoms with Crippen molar-refractivity contribution >= 4 is 23.6 Å². The molecule has 6 heteroatoms. The predicted octanol–water partition coefficient (Wildman–Crippen LogP) is 1.36. The van der Waals surface area contributed by atoms with E-state index in [-0.39, 0.29) is 12.5 Å². The molecule has 1 aromatic carbocycles. The number of carbonyl (C=O) groups excluding carboxylic acids is 1. The molecule has 0 aliphatic carbocycles. The van der Waals surface area contributed by atoms with Crippen molar-refractivity contribution in [3.8, 4) is 5.75 Å². The van der Waals surface area contributed by atoms with Gasteiger partial charge in [-0.3, -0.25) is 4.79 Å². The van der Waals surface area contributed by atoms with E-state index in [9.17, 15) is 9.59 Å². The van der Waals surface area contributed by atoms with Crippen LogP contribution in [0.4, 0.5) is 0 Å². The highest BCUT2D eigenvalue weighted by atomic mass is 32.2. The van der Waals surface area contributed by atoms with Gasteiger partial charge in [0.25, 0.3) is 5.91 Å². The largest absolute Gasteiger partial charge is 0.483 e. The number of rotatable bonds is 4. The van der Waals surface area contributed by atoms with Crippen LogP contribution in [0.3, 0.4) is 0 Å². The Balaban J connectivity index is 1.95. The molecule has 1 N–H and O–H groups in total. The van der Waals surface area contributed by atoms with Gasteiger partial charge >= 0.3 is 5.97 Å². The van der Waals surface area contributed by atoms with Crippen LogP contribution in [0.2, 0.25) is 0 Å². The van der Waals surface area contributed by atoms with Gasteiger partial charge in [0.05, 0.1) is 5.88 Å². The number of para-hydroxylation sites is 1. The summed E-state index contributed by atoms with van der Waals surface area (Å²) in [5, 5.41) is 9.01. The Morgan fingerprint density at radius 1 is 1.47 bits per heavy atom. The normalized spacial score (nSPS) is 18.4. The van der Waals surface area contributed by atoms with E-state index in [1.165, 1.54) is 16.7 Å². The molecular weight excluding hydrogens is 266 g/mol. The lowest BCUT2D eigenvalue weighted by molar-refractivity contribution is -0.148. The number of nitrogens with zero attached hydrogens (tertiary/aromatic N) is 1. The third-order valence-corrected chi connectivity index (χ3v) is 3.94. The van der Waals surface area contributed by atoms with Crippen molar-refractivity contribution in [2.75, 3.05) is 18.2 Å². The van der Waals surface area contributed by atoms with E-state index >= 15 is 0 Å². The van der Waals surface area contributed by atoms with Crippen LogP contribution in [0.5, 0.6) is 5.75 Å². The van der Waals surface area contributed by atoms with Gasteiger partial charge in [0.1, 0.15) is 11.8 Å². The Hall–Kier alpha value is -1.69. The van der Waals surface area contributed by atoms with E-state index in [4.69, 9.17) is 9.84 Å². The van der Waals surface area contributed by atoms with Crippen LogP contribution in [0, 0.1) is 6.92 Å². The Bertz CT molecular complexity index is 491. The number of carboxylic acid groups (broad SMARTS) is 1. The number of ether oxygens (including phenoxy) is 1. The number of benzene rings is 1. The van der Waals surface area contributed by atoms with Gasteiger partial charge < -0.3 is 14.7 Å². The molecule has 1 heterocycles. The summed E-state index contributed by atoms with van der Waals surface area (Å²) >= 11 is 1.44. The molecule has 102 valence electrons. The highest BCUT2D eigenvalue weighted by Gasteiger charge is 2.34. The zero-order chi connectivity index (χ0) is 13.8. The number of thioether (sulfide) groups is 1. The molecule has 1 saturated heterocycles. The number of carbonyl (C=O) groups is 2. The van der Waals surface area contributed by atoms with Crippen LogP contribution in [0.1, 0.15) is 5.56 Å². The van der Waals surface area contributed by atoms with E-state index in [0.29, 0.717) is 17.4 Å². The maximum atomic E-state index is 12.0. The standard InChI is InChI=1S/C13H15NO4S/c1-9-4-2-3-5-11(9)18-6-12(15)14-8-19-7-10(14)13(16)17/h2-5,10H,6-8H2,1H3,(H,16,17). The smallest absolute Gasteiger partial charge is 0.327 e. The predicted molar refractivity (Wildman–Crippen MR) is 72.3 cm³/mol. The molecule has 0 bridgehead atoms. The van der Waals surface area contributed by atoms with Crippen LogP contribution >= 0.6 is 11.8 Å². The van der Waals surface area contributed by atoms with Crippen LogP contribution in [0.15, 0.2) is 24.3 Å². The van der Waals surface area contributed by atoms with Crippen molar-refractivity contribution < 1.29 is 19.4 Å². The quantitative estimate of drug-likeness (QED) is 0.902. The molecule has 1 unspecified atom stereocenters. The van der Waals surface area contributed by atoms with Gasteiger partial charge in [0, 0.05) is 5.75 Å². The molecule has 0 aromatic heterocycles. The van der Waals surface area contributed by atoms with E-state index in [1.54, 1.807) is 6.07 Å². The second kappa shape index (κ2) is 5.97. The molecule has 1 aromatic rings. The lowest BCUT2D eigenvalue weighted by Gasteiger charge is -2.20. The Kier molecular flexibility index (Phi) is 4.31. The number of amides is 1. The first kappa shape index (κ1) is 13.7. The molecule has 1 aliphatic rings. The van der Waals surface area contributed by atoms with E-state index in [0.717, 1.165) is 5.56 Å². The van der Waals surface area contributed by atoms with Crippen LogP contribution in [0.25, 0.3) is 0 Å². The van der Waals surface area contributed by atoms with E-state index in [2.05, 4.69) is 0 Å². The third-order valence-electron chi connectivity index (χ3n) is 2.93. The van der Waals surface area contributed by atoms with E-state index in [1.807, 2.05) is 25.1 Å². The number of aryl methyl sites for hydroxylation is 1. The fraction of sp³-hybridized carbons (Fsp3) is 0.385. The second-order valence-electron chi connectivity index (χ2n) is 4.27. The van der Waals surface area contributed by atoms with Crippen LogP contribution < -0.4 is 4.74 Å².